The van der Waals surface area contributed by atoms with Crippen LogP contribution in [0.4, 0.5) is 0 Å². The van der Waals surface area contributed by atoms with Crippen molar-refractivity contribution in [2.24, 2.45) is 11.8 Å². The molecule has 0 bridgehead atoms. The number of fused-ring (bicyclic) bond motifs is 1. The molecule has 1 saturated heterocycles. The molecule has 0 amide bonds. The van der Waals surface area contributed by atoms with Crippen LogP contribution >= 0.6 is 23.2 Å². The van der Waals surface area contributed by atoms with E-state index in [9.17, 15) is 4.79 Å². The molecule has 5 atom stereocenters. The van der Waals surface area contributed by atoms with E-state index in [0.29, 0.717) is 10.0 Å². The normalized spacial score (nSPS) is 30.1. The first kappa shape index (κ1) is 17.6. The highest BCUT2D eigenvalue weighted by molar-refractivity contribution is 6.35. The molecule has 3 nitrogen and oxygen atoms in total. The minimum Gasteiger partial charge on any atom is -0.462 e. The molecule has 0 saturated carbocycles. The van der Waals surface area contributed by atoms with Gasteiger partial charge in [-0.25, -0.2) is 0 Å². The van der Waals surface area contributed by atoms with Crippen LogP contribution in [-0.4, -0.2) is 24.9 Å². The quantitative estimate of drug-likeness (QED) is 0.452. The molecule has 1 fully saturated rings. The van der Waals surface area contributed by atoms with Crippen molar-refractivity contribution in [1.29, 1.82) is 0 Å². The number of benzene rings is 1. The van der Waals surface area contributed by atoms with Gasteiger partial charge in [-0.05, 0) is 30.7 Å². The summed E-state index contributed by atoms with van der Waals surface area (Å²) in [7, 11) is 2.01. The number of rotatable bonds is 2. The van der Waals surface area contributed by atoms with Crippen molar-refractivity contribution < 1.29 is 9.53 Å². The Morgan fingerprint density at radius 2 is 1.88 bits per heavy atom. The maximum absolute atomic E-state index is 12.3. The number of pyridine rings is 1. The van der Waals surface area contributed by atoms with E-state index in [4.69, 9.17) is 27.9 Å². The van der Waals surface area contributed by atoms with Crippen LogP contribution in [0.2, 0.25) is 10.0 Å². The lowest BCUT2D eigenvalue weighted by Crippen LogP contribution is -2.33. The molecule has 1 aromatic heterocycles. The maximum Gasteiger partial charge on any atom is 0.313 e. The highest BCUT2D eigenvalue weighted by Crippen LogP contribution is 2.51. The van der Waals surface area contributed by atoms with Gasteiger partial charge < -0.3 is 4.74 Å². The predicted octanol–water partition coefficient (Wildman–Crippen LogP) is 3.26. The summed E-state index contributed by atoms with van der Waals surface area (Å²) >= 11 is 12.6. The average molecular weight is 386 g/mol. The van der Waals surface area contributed by atoms with Crippen molar-refractivity contribution in [1.82, 2.24) is 4.98 Å². The third kappa shape index (κ3) is 2.95. The van der Waals surface area contributed by atoms with Gasteiger partial charge in [0.25, 0.3) is 0 Å². The molecule has 2 aromatic rings. The van der Waals surface area contributed by atoms with Crippen molar-refractivity contribution >= 4 is 42.5 Å². The number of cyclic esters (lactones) is 1. The van der Waals surface area contributed by atoms with Gasteiger partial charge in [0.15, 0.2) is 0 Å². The van der Waals surface area contributed by atoms with E-state index in [-0.39, 0.29) is 35.7 Å². The van der Waals surface area contributed by atoms with Crippen LogP contribution in [0.3, 0.4) is 0 Å². The summed E-state index contributed by atoms with van der Waals surface area (Å²) in [5.74, 6) is -0.352. The Morgan fingerprint density at radius 3 is 2.58 bits per heavy atom. The molecule has 1 aromatic carbocycles. The summed E-state index contributed by atoms with van der Waals surface area (Å²) in [5.41, 5.74) is 3.05. The smallest absolute Gasteiger partial charge is 0.313 e. The van der Waals surface area contributed by atoms with Crippen LogP contribution in [0.5, 0.6) is 0 Å². The maximum atomic E-state index is 12.3. The van der Waals surface area contributed by atoms with Gasteiger partial charge in [0.1, 0.15) is 14.0 Å². The number of nitrogens with zero attached hydrogens (tertiary/aromatic N) is 1. The van der Waals surface area contributed by atoms with Crippen LogP contribution in [0.1, 0.15) is 30.0 Å². The fourth-order valence-electron chi connectivity index (χ4n) is 4.24. The van der Waals surface area contributed by atoms with Crippen molar-refractivity contribution in [3.63, 3.8) is 0 Å². The zero-order chi connectivity index (χ0) is 18.4. The Labute approximate surface area is 163 Å². The van der Waals surface area contributed by atoms with Gasteiger partial charge in [0, 0.05) is 39.7 Å². The summed E-state index contributed by atoms with van der Waals surface area (Å²) < 4.78 is 5.55. The van der Waals surface area contributed by atoms with E-state index < -0.39 is 0 Å². The Kier molecular flexibility index (Phi) is 4.58. The summed E-state index contributed by atoms with van der Waals surface area (Å²) in [5, 5.41) is 1.23. The van der Waals surface area contributed by atoms with Crippen LogP contribution in [-0.2, 0) is 9.53 Å². The number of ether oxygens (including phenoxy) is 1. The minimum absolute atomic E-state index is 0.00530. The predicted molar refractivity (Wildman–Crippen MR) is 106 cm³/mol. The summed E-state index contributed by atoms with van der Waals surface area (Å²) in [4.78, 5) is 16.9. The summed E-state index contributed by atoms with van der Waals surface area (Å²) in [6.07, 6.45) is 5.74. The lowest BCUT2D eigenvalue weighted by molar-refractivity contribution is -0.142. The van der Waals surface area contributed by atoms with Crippen molar-refractivity contribution in [3.8, 4) is 0 Å². The van der Waals surface area contributed by atoms with E-state index in [1.807, 2.05) is 45.2 Å². The van der Waals surface area contributed by atoms with Gasteiger partial charge in [-0.15, -0.1) is 0 Å². The number of esters is 1. The largest absolute Gasteiger partial charge is 0.462 e. The molecule has 1 aliphatic heterocycles. The highest BCUT2D eigenvalue weighted by atomic mass is 35.5. The third-order valence-electron chi connectivity index (χ3n) is 5.46. The van der Waals surface area contributed by atoms with Crippen LogP contribution in [0.25, 0.3) is 0 Å². The van der Waals surface area contributed by atoms with Crippen molar-refractivity contribution in [2.45, 2.75) is 24.9 Å². The second-order valence-electron chi connectivity index (χ2n) is 7.11. The number of allylic oxidation sites excluding steroid dienone is 1. The lowest BCUT2D eigenvalue weighted by Gasteiger charge is -2.36. The third-order valence-corrected chi connectivity index (χ3v) is 6.02. The standard InChI is InChI=1S/C20H18BCl2NO2/c1-10-18-15(20(25)26-10)6-5-14(13-4-3-12(22)8-16(13)23)19(18)17-7-2-11(21)9-24-17/h2-10,14-15,18-19H,21H2,1H3. The monoisotopic (exact) mass is 385 g/mol. The van der Waals surface area contributed by atoms with Gasteiger partial charge in [0.2, 0.25) is 0 Å². The fourth-order valence-corrected chi connectivity index (χ4v) is 4.77. The van der Waals surface area contributed by atoms with E-state index in [0.717, 1.165) is 16.7 Å². The zero-order valence-corrected chi connectivity index (χ0v) is 16.0. The van der Waals surface area contributed by atoms with Crippen molar-refractivity contribution in [3.05, 3.63) is 70.0 Å². The molecular formula is C20H18BCl2NO2. The molecule has 2 heterocycles. The molecule has 6 heteroatoms. The lowest BCUT2D eigenvalue weighted by atomic mass is 9.66. The molecule has 2 aliphatic rings. The zero-order valence-electron chi connectivity index (χ0n) is 14.5. The summed E-state index contributed by atoms with van der Waals surface area (Å²) in [6.45, 7) is 1.96. The summed E-state index contributed by atoms with van der Waals surface area (Å²) in [6, 6.07) is 9.67. The van der Waals surface area contributed by atoms with Gasteiger partial charge in [-0.3, -0.25) is 9.78 Å². The number of carbonyl (C=O) groups excluding carboxylic acids is 1. The molecule has 1 aliphatic carbocycles. The molecule has 132 valence electrons. The molecule has 0 radical (unpaired) electrons. The fraction of sp³-hybridized carbons (Fsp3) is 0.300. The Balaban J connectivity index is 1.85. The van der Waals surface area contributed by atoms with E-state index >= 15 is 0 Å². The second kappa shape index (κ2) is 6.75. The van der Waals surface area contributed by atoms with E-state index in [1.165, 1.54) is 0 Å². The first-order valence-electron chi connectivity index (χ1n) is 8.72. The molecule has 26 heavy (non-hydrogen) atoms. The topological polar surface area (TPSA) is 39.2 Å². The highest BCUT2D eigenvalue weighted by Gasteiger charge is 2.50. The number of carbonyl (C=O) groups is 1. The van der Waals surface area contributed by atoms with Crippen LogP contribution in [0, 0.1) is 11.8 Å². The Bertz CT molecular complexity index is 884. The first-order chi connectivity index (χ1) is 12.5. The van der Waals surface area contributed by atoms with Gasteiger partial charge in [-0.2, -0.15) is 0 Å². The Morgan fingerprint density at radius 1 is 1.12 bits per heavy atom. The number of hydrogen-bond donors (Lipinski definition) is 0. The van der Waals surface area contributed by atoms with E-state index in [2.05, 4.69) is 17.1 Å². The number of hydrogen-bond acceptors (Lipinski definition) is 3. The van der Waals surface area contributed by atoms with Crippen molar-refractivity contribution in [2.75, 3.05) is 0 Å². The molecule has 0 N–H and O–H groups in total. The number of aromatic nitrogens is 1. The average Bonchev–Trinajstić information content (AvgIpc) is 2.90. The second-order valence-corrected chi connectivity index (χ2v) is 7.95. The molecular weight excluding hydrogens is 368 g/mol. The van der Waals surface area contributed by atoms with Gasteiger partial charge in [0.05, 0.1) is 5.92 Å². The molecule has 0 spiro atoms. The van der Waals surface area contributed by atoms with Crippen LogP contribution < -0.4 is 5.46 Å². The first-order valence-corrected chi connectivity index (χ1v) is 9.47. The van der Waals surface area contributed by atoms with Gasteiger partial charge in [-0.1, -0.05) is 52.9 Å². The van der Waals surface area contributed by atoms with Crippen LogP contribution in [0.15, 0.2) is 48.7 Å². The van der Waals surface area contributed by atoms with E-state index in [1.54, 1.807) is 6.07 Å². The Hall–Kier alpha value is -1.78. The number of halogens is 2. The minimum atomic E-state index is -0.236. The molecule has 5 unspecified atom stereocenters. The van der Waals surface area contributed by atoms with Gasteiger partial charge >= 0.3 is 5.97 Å². The SMILES string of the molecule is Bc1ccc(C2C(c3ccc(Cl)cc3Cl)C=CC3C(=O)OC(C)C32)nc1. The molecule has 4 rings (SSSR count).